The third-order valence-corrected chi connectivity index (χ3v) is 5.75. The quantitative estimate of drug-likeness (QED) is 0.321. The van der Waals surface area contributed by atoms with Crippen LogP contribution in [0.3, 0.4) is 0 Å². The lowest BCUT2D eigenvalue weighted by atomic mass is 9.90. The Balaban J connectivity index is 1.37. The van der Waals surface area contributed by atoms with Crippen LogP contribution >= 0.6 is 0 Å². The number of hydrogen-bond donors (Lipinski definition) is 1. The van der Waals surface area contributed by atoms with Gasteiger partial charge in [-0.3, -0.25) is 4.79 Å². The first kappa shape index (κ1) is 22.2. The Morgan fingerprint density at radius 1 is 0.886 bits per heavy atom. The fraction of sp³-hybridized carbons (Fsp3) is 0.103. The Morgan fingerprint density at radius 2 is 1.57 bits per heavy atom. The van der Waals surface area contributed by atoms with Crippen molar-refractivity contribution in [1.82, 2.24) is 9.38 Å². The van der Waals surface area contributed by atoms with Crippen LogP contribution in [0.25, 0.3) is 5.65 Å². The van der Waals surface area contributed by atoms with Crippen LogP contribution in [-0.2, 0) is 11.4 Å². The number of rotatable bonds is 8. The second-order valence-electron chi connectivity index (χ2n) is 8.10. The molecule has 0 radical (unpaired) electrons. The zero-order valence-electron chi connectivity index (χ0n) is 19.3. The van der Waals surface area contributed by atoms with Gasteiger partial charge in [0.05, 0.1) is 18.7 Å². The number of benzene rings is 3. The summed E-state index contributed by atoms with van der Waals surface area (Å²) < 4.78 is 13.5. The van der Waals surface area contributed by atoms with Gasteiger partial charge in [0.15, 0.2) is 11.5 Å². The molecule has 0 aliphatic heterocycles. The van der Waals surface area contributed by atoms with Crippen molar-refractivity contribution in [1.29, 1.82) is 0 Å². The van der Waals surface area contributed by atoms with Crippen molar-refractivity contribution in [3.63, 3.8) is 0 Å². The van der Waals surface area contributed by atoms with E-state index in [1.54, 1.807) is 19.2 Å². The molecule has 0 atom stereocenters. The Kier molecular flexibility index (Phi) is 6.44. The van der Waals surface area contributed by atoms with Gasteiger partial charge in [-0.25, -0.2) is 4.98 Å². The smallest absolute Gasteiger partial charge is 0.236 e. The number of fused-ring (bicyclic) bond motifs is 1. The molecular weight excluding hydrogens is 438 g/mol. The molecule has 2 heterocycles. The largest absolute Gasteiger partial charge is 0.493 e. The summed E-state index contributed by atoms with van der Waals surface area (Å²) >= 11 is 0. The molecule has 1 N–H and O–H groups in total. The molecule has 0 bridgehead atoms. The first-order valence-electron chi connectivity index (χ1n) is 11.4. The monoisotopic (exact) mass is 463 g/mol. The molecule has 174 valence electrons. The van der Waals surface area contributed by atoms with E-state index < -0.39 is 5.92 Å². The van der Waals surface area contributed by atoms with E-state index in [9.17, 15) is 4.79 Å². The van der Waals surface area contributed by atoms with E-state index in [0.29, 0.717) is 17.2 Å². The van der Waals surface area contributed by atoms with E-state index >= 15 is 0 Å². The molecule has 35 heavy (non-hydrogen) atoms. The minimum Gasteiger partial charge on any atom is -0.493 e. The van der Waals surface area contributed by atoms with Crippen LogP contribution in [0.15, 0.2) is 109 Å². The minimum absolute atomic E-state index is 0.126. The summed E-state index contributed by atoms with van der Waals surface area (Å²) in [6, 6.07) is 30.7. The van der Waals surface area contributed by atoms with E-state index in [2.05, 4.69) is 10.3 Å². The highest BCUT2D eigenvalue weighted by atomic mass is 16.5. The molecule has 0 unspecified atom stereocenters. The molecule has 0 aliphatic carbocycles. The summed E-state index contributed by atoms with van der Waals surface area (Å²) in [5.41, 5.74) is 4.12. The second-order valence-corrected chi connectivity index (χ2v) is 8.10. The number of imidazole rings is 1. The molecule has 0 saturated heterocycles. The SMILES string of the molecule is COc1ccc(NC(=O)C(c2ccccc2)c2ccccc2)cc1OCc1cn2ccccc2n1. The van der Waals surface area contributed by atoms with Gasteiger partial charge in [-0.05, 0) is 35.4 Å². The molecule has 0 spiro atoms. The van der Waals surface area contributed by atoms with Gasteiger partial charge in [0.1, 0.15) is 12.3 Å². The highest BCUT2D eigenvalue weighted by Crippen LogP contribution is 2.32. The molecule has 0 aliphatic rings. The average Bonchev–Trinajstić information content (AvgIpc) is 3.32. The Bertz CT molecular complexity index is 1360. The van der Waals surface area contributed by atoms with Crippen LogP contribution in [0.5, 0.6) is 11.5 Å². The summed E-state index contributed by atoms with van der Waals surface area (Å²) in [5.74, 6) is 0.536. The molecule has 6 nitrogen and oxygen atoms in total. The van der Waals surface area contributed by atoms with Crippen LogP contribution < -0.4 is 14.8 Å². The van der Waals surface area contributed by atoms with E-state index in [1.807, 2.05) is 102 Å². The summed E-state index contributed by atoms with van der Waals surface area (Å²) in [5, 5.41) is 3.06. The van der Waals surface area contributed by atoms with Gasteiger partial charge < -0.3 is 19.2 Å². The molecule has 5 aromatic rings. The predicted molar refractivity (Wildman–Crippen MR) is 136 cm³/mol. The van der Waals surface area contributed by atoms with Crippen LogP contribution in [-0.4, -0.2) is 22.4 Å². The van der Waals surface area contributed by atoms with Crippen molar-refractivity contribution in [3.05, 3.63) is 126 Å². The number of hydrogen-bond acceptors (Lipinski definition) is 4. The maximum Gasteiger partial charge on any atom is 0.236 e. The zero-order valence-corrected chi connectivity index (χ0v) is 19.3. The molecule has 3 aromatic carbocycles. The Hall–Kier alpha value is -4.58. The van der Waals surface area contributed by atoms with Gasteiger partial charge in [0.2, 0.25) is 5.91 Å². The lowest BCUT2D eigenvalue weighted by molar-refractivity contribution is -0.116. The van der Waals surface area contributed by atoms with Gasteiger partial charge in [0, 0.05) is 24.1 Å². The summed E-state index contributed by atoms with van der Waals surface area (Å²) in [7, 11) is 1.59. The van der Waals surface area contributed by atoms with Crippen LogP contribution in [0.4, 0.5) is 5.69 Å². The van der Waals surface area contributed by atoms with Crippen LogP contribution in [0.2, 0.25) is 0 Å². The zero-order chi connectivity index (χ0) is 24.0. The third-order valence-electron chi connectivity index (χ3n) is 5.75. The number of carbonyl (C=O) groups is 1. The molecule has 5 rings (SSSR count). The Labute approximate surface area is 203 Å². The summed E-state index contributed by atoms with van der Waals surface area (Å²) in [6.45, 7) is 0.270. The van der Waals surface area contributed by atoms with Gasteiger partial charge in [0.25, 0.3) is 0 Å². The van der Waals surface area contributed by atoms with E-state index in [-0.39, 0.29) is 12.5 Å². The number of anilines is 1. The van der Waals surface area contributed by atoms with Crippen molar-refractivity contribution in [3.8, 4) is 11.5 Å². The summed E-state index contributed by atoms with van der Waals surface area (Å²) in [4.78, 5) is 18.0. The topological polar surface area (TPSA) is 64.9 Å². The van der Waals surface area contributed by atoms with Crippen molar-refractivity contribution in [2.75, 3.05) is 12.4 Å². The van der Waals surface area contributed by atoms with Crippen molar-refractivity contribution in [2.45, 2.75) is 12.5 Å². The van der Waals surface area contributed by atoms with Crippen LogP contribution in [0.1, 0.15) is 22.7 Å². The molecule has 2 aromatic heterocycles. The fourth-order valence-corrected chi connectivity index (χ4v) is 4.08. The predicted octanol–water partition coefficient (Wildman–Crippen LogP) is 5.69. The highest BCUT2D eigenvalue weighted by molar-refractivity contribution is 5.98. The highest BCUT2D eigenvalue weighted by Gasteiger charge is 2.23. The van der Waals surface area contributed by atoms with Crippen LogP contribution in [0, 0.1) is 0 Å². The van der Waals surface area contributed by atoms with Crippen molar-refractivity contribution in [2.24, 2.45) is 0 Å². The van der Waals surface area contributed by atoms with E-state index in [1.165, 1.54) is 0 Å². The lowest BCUT2D eigenvalue weighted by Crippen LogP contribution is -2.22. The maximum atomic E-state index is 13.5. The van der Waals surface area contributed by atoms with Gasteiger partial charge >= 0.3 is 0 Å². The van der Waals surface area contributed by atoms with Gasteiger partial charge in [-0.2, -0.15) is 0 Å². The number of methoxy groups -OCH3 is 1. The average molecular weight is 464 g/mol. The summed E-state index contributed by atoms with van der Waals surface area (Å²) in [6.07, 6.45) is 3.87. The molecule has 1 amide bonds. The molecule has 6 heteroatoms. The minimum atomic E-state index is -0.443. The first-order chi connectivity index (χ1) is 17.2. The van der Waals surface area contributed by atoms with E-state index in [4.69, 9.17) is 9.47 Å². The number of nitrogens with one attached hydrogen (secondary N) is 1. The maximum absolute atomic E-state index is 13.5. The molecular formula is C29H25N3O3. The van der Waals surface area contributed by atoms with Gasteiger partial charge in [-0.1, -0.05) is 66.7 Å². The fourth-order valence-electron chi connectivity index (χ4n) is 4.08. The van der Waals surface area contributed by atoms with Gasteiger partial charge in [-0.15, -0.1) is 0 Å². The van der Waals surface area contributed by atoms with Crippen molar-refractivity contribution < 1.29 is 14.3 Å². The first-order valence-corrected chi connectivity index (χ1v) is 11.4. The second kappa shape index (κ2) is 10.1. The lowest BCUT2D eigenvalue weighted by Gasteiger charge is -2.19. The number of carbonyl (C=O) groups excluding carboxylic acids is 1. The van der Waals surface area contributed by atoms with Crippen molar-refractivity contribution >= 4 is 17.2 Å². The molecule has 0 fully saturated rings. The number of pyridine rings is 1. The number of ether oxygens (including phenoxy) is 2. The Morgan fingerprint density at radius 3 is 2.23 bits per heavy atom. The number of aromatic nitrogens is 2. The van der Waals surface area contributed by atoms with E-state index in [0.717, 1.165) is 22.5 Å². The standard InChI is InChI=1S/C29H25N3O3/c1-34-25-16-15-23(18-26(25)35-20-24-19-32-17-9-8-14-27(32)30-24)31-29(33)28(21-10-4-2-5-11-21)22-12-6-3-7-13-22/h2-19,28H,20H2,1H3,(H,31,33). The molecule has 0 saturated carbocycles. The third kappa shape index (κ3) is 5.01. The normalized spacial score (nSPS) is 10.9. The number of nitrogens with zero attached hydrogens (tertiary/aromatic N) is 2. The number of amides is 1.